The molecule has 0 radical (unpaired) electrons. The standard InChI is InChI=1S/C22H20ClF3N2O3S2/c1-21(9-10-27-13-21)31-18-11-15(7-8-16(18)22(24,25)26)28-33(29,30)19-12-17(23)20(32-19)14-5-3-2-4-6-14/h2-8,11-12,27-28H,9-10,13H2,1H3/t21-/m1/s1. The highest BCUT2D eigenvalue weighted by Crippen LogP contribution is 2.41. The first kappa shape index (κ1) is 23.9. The van der Waals surface area contributed by atoms with Gasteiger partial charge in [0, 0.05) is 19.0 Å². The smallest absolute Gasteiger partial charge is 0.419 e. The van der Waals surface area contributed by atoms with E-state index >= 15 is 0 Å². The molecule has 33 heavy (non-hydrogen) atoms. The minimum atomic E-state index is -4.65. The van der Waals surface area contributed by atoms with Gasteiger partial charge in [-0.25, -0.2) is 8.42 Å². The molecule has 0 spiro atoms. The number of halogens is 4. The van der Waals surface area contributed by atoms with E-state index in [0.717, 1.165) is 35.1 Å². The van der Waals surface area contributed by atoms with Crippen LogP contribution < -0.4 is 14.8 Å². The third-order valence-electron chi connectivity index (χ3n) is 5.19. The van der Waals surface area contributed by atoms with Crippen molar-refractivity contribution in [2.45, 2.75) is 29.3 Å². The quantitative estimate of drug-likeness (QED) is 0.420. The zero-order valence-electron chi connectivity index (χ0n) is 17.4. The minimum Gasteiger partial charge on any atom is -0.485 e. The van der Waals surface area contributed by atoms with Gasteiger partial charge in [0.05, 0.1) is 21.2 Å². The van der Waals surface area contributed by atoms with Gasteiger partial charge in [0.25, 0.3) is 10.0 Å². The second-order valence-corrected chi connectivity index (χ2v) is 11.3. The lowest BCUT2D eigenvalue weighted by molar-refractivity contribution is -0.139. The lowest BCUT2D eigenvalue weighted by atomic mass is 10.1. The molecule has 5 nitrogen and oxygen atoms in total. The summed E-state index contributed by atoms with van der Waals surface area (Å²) in [6.07, 6.45) is -4.13. The number of hydrogen-bond donors (Lipinski definition) is 2. The molecule has 0 unspecified atom stereocenters. The molecule has 2 heterocycles. The first-order valence-electron chi connectivity index (χ1n) is 9.95. The molecule has 1 aliphatic heterocycles. The Hall–Kier alpha value is -2.27. The molecule has 1 aliphatic rings. The largest absolute Gasteiger partial charge is 0.485 e. The third-order valence-corrected chi connectivity index (χ3v) is 8.64. The maximum absolute atomic E-state index is 13.5. The van der Waals surface area contributed by atoms with E-state index in [4.69, 9.17) is 16.3 Å². The van der Waals surface area contributed by atoms with Gasteiger partial charge in [-0.05, 0) is 37.2 Å². The molecule has 1 saturated heterocycles. The predicted octanol–water partition coefficient (Wildman–Crippen LogP) is 6.02. The van der Waals surface area contributed by atoms with E-state index < -0.39 is 33.1 Å². The van der Waals surface area contributed by atoms with Gasteiger partial charge in [0.2, 0.25) is 0 Å². The van der Waals surface area contributed by atoms with Gasteiger partial charge in [-0.2, -0.15) is 13.2 Å². The fourth-order valence-electron chi connectivity index (χ4n) is 3.52. The number of benzene rings is 2. The van der Waals surface area contributed by atoms with Crippen LogP contribution >= 0.6 is 22.9 Å². The van der Waals surface area contributed by atoms with Crippen LogP contribution in [0, 0.1) is 0 Å². The van der Waals surface area contributed by atoms with E-state index in [9.17, 15) is 21.6 Å². The Morgan fingerprint density at radius 2 is 1.88 bits per heavy atom. The van der Waals surface area contributed by atoms with Crippen molar-refractivity contribution in [2.24, 2.45) is 0 Å². The first-order chi connectivity index (χ1) is 15.5. The summed E-state index contributed by atoms with van der Waals surface area (Å²) in [5.41, 5.74) is -1.08. The molecule has 2 N–H and O–H groups in total. The molecule has 0 saturated carbocycles. The van der Waals surface area contributed by atoms with Crippen LogP contribution in [0.4, 0.5) is 18.9 Å². The monoisotopic (exact) mass is 516 g/mol. The average Bonchev–Trinajstić information content (AvgIpc) is 3.34. The van der Waals surface area contributed by atoms with Gasteiger partial charge in [0.15, 0.2) is 0 Å². The second-order valence-electron chi connectivity index (χ2n) is 7.90. The van der Waals surface area contributed by atoms with Crippen LogP contribution in [0.25, 0.3) is 10.4 Å². The number of anilines is 1. The Kier molecular flexibility index (Phi) is 6.38. The van der Waals surface area contributed by atoms with Crippen LogP contribution in [0.3, 0.4) is 0 Å². The maximum atomic E-state index is 13.5. The Morgan fingerprint density at radius 3 is 2.52 bits per heavy atom. The van der Waals surface area contributed by atoms with Gasteiger partial charge in [0.1, 0.15) is 15.6 Å². The highest BCUT2D eigenvalue weighted by atomic mass is 35.5. The molecule has 1 atom stereocenters. The van der Waals surface area contributed by atoms with E-state index in [2.05, 4.69) is 10.0 Å². The van der Waals surface area contributed by atoms with Gasteiger partial charge in [-0.3, -0.25) is 4.72 Å². The summed E-state index contributed by atoms with van der Waals surface area (Å²) >= 11 is 7.24. The molecular formula is C22H20ClF3N2O3S2. The van der Waals surface area contributed by atoms with Crippen LogP contribution in [0.2, 0.25) is 5.02 Å². The van der Waals surface area contributed by atoms with Crippen LogP contribution in [-0.4, -0.2) is 27.1 Å². The molecule has 2 aromatic carbocycles. The van der Waals surface area contributed by atoms with Gasteiger partial charge < -0.3 is 10.1 Å². The number of rotatable bonds is 6. The summed E-state index contributed by atoms with van der Waals surface area (Å²) in [5, 5.41) is 3.33. The average molecular weight is 517 g/mol. The summed E-state index contributed by atoms with van der Waals surface area (Å²) in [5.74, 6) is -0.428. The normalized spacial score (nSPS) is 18.9. The Labute approximate surface area is 198 Å². The summed E-state index contributed by atoms with van der Waals surface area (Å²) in [6, 6.07) is 13.3. The van der Waals surface area contributed by atoms with Gasteiger partial charge in [-0.1, -0.05) is 41.9 Å². The first-order valence-corrected chi connectivity index (χ1v) is 12.6. The molecule has 11 heteroatoms. The molecule has 1 fully saturated rings. The van der Waals surface area contributed by atoms with Crippen molar-refractivity contribution in [1.82, 2.24) is 5.32 Å². The Bertz CT molecular complexity index is 1260. The number of hydrogen-bond acceptors (Lipinski definition) is 5. The predicted molar refractivity (Wildman–Crippen MR) is 124 cm³/mol. The Morgan fingerprint density at radius 1 is 1.15 bits per heavy atom. The van der Waals surface area contributed by atoms with Crippen LogP contribution in [0.5, 0.6) is 5.75 Å². The summed E-state index contributed by atoms with van der Waals surface area (Å²) in [4.78, 5) is 0.579. The zero-order valence-corrected chi connectivity index (χ0v) is 19.8. The third kappa shape index (κ3) is 5.29. The summed E-state index contributed by atoms with van der Waals surface area (Å²) in [6.45, 7) is 2.71. The second kappa shape index (κ2) is 8.83. The van der Waals surface area contributed by atoms with Crippen molar-refractivity contribution in [3.05, 3.63) is 65.2 Å². The van der Waals surface area contributed by atoms with Crippen molar-refractivity contribution in [3.8, 4) is 16.2 Å². The van der Waals surface area contributed by atoms with Crippen LogP contribution in [-0.2, 0) is 16.2 Å². The highest BCUT2D eigenvalue weighted by Gasteiger charge is 2.38. The fourth-order valence-corrected chi connectivity index (χ4v) is 6.40. The summed E-state index contributed by atoms with van der Waals surface area (Å²) < 4.78 is 74.6. The van der Waals surface area contributed by atoms with E-state index in [0.29, 0.717) is 24.4 Å². The summed E-state index contributed by atoms with van der Waals surface area (Å²) in [7, 11) is -4.10. The van der Waals surface area contributed by atoms with Crippen LogP contribution in [0.15, 0.2) is 58.8 Å². The number of nitrogens with one attached hydrogen (secondary N) is 2. The van der Waals surface area contributed by atoms with Crippen molar-refractivity contribution < 1.29 is 26.3 Å². The number of thiophene rings is 1. The van der Waals surface area contributed by atoms with Gasteiger partial charge in [-0.15, -0.1) is 11.3 Å². The topological polar surface area (TPSA) is 67.4 Å². The molecule has 0 amide bonds. The van der Waals surface area contributed by atoms with E-state index in [1.165, 1.54) is 6.07 Å². The lowest BCUT2D eigenvalue weighted by Gasteiger charge is -2.27. The molecule has 1 aromatic heterocycles. The molecule has 176 valence electrons. The van der Waals surface area contributed by atoms with E-state index in [-0.39, 0.29) is 14.9 Å². The lowest BCUT2D eigenvalue weighted by Crippen LogP contribution is -2.35. The van der Waals surface area contributed by atoms with Crippen molar-refractivity contribution in [1.29, 1.82) is 0 Å². The minimum absolute atomic E-state index is 0.0432. The molecule has 0 aliphatic carbocycles. The van der Waals surface area contributed by atoms with Crippen LogP contribution in [0.1, 0.15) is 18.9 Å². The molecule has 4 rings (SSSR count). The molecule has 3 aromatic rings. The van der Waals surface area contributed by atoms with E-state index in [1.807, 2.05) is 18.2 Å². The zero-order chi connectivity index (χ0) is 23.9. The SMILES string of the molecule is C[C@@]1(Oc2cc(NS(=O)(=O)c3cc(Cl)c(-c4ccccc4)s3)ccc2C(F)(F)F)CCNC1. The number of ether oxygens (including phenoxy) is 1. The highest BCUT2D eigenvalue weighted by molar-refractivity contribution is 7.94. The number of alkyl halides is 3. The maximum Gasteiger partial charge on any atom is 0.419 e. The van der Waals surface area contributed by atoms with Crippen molar-refractivity contribution in [3.63, 3.8) is 0 Å². The van der Waals surface area contributed by atoms with Crippen molar-refractivity contribution >= 4 is 38.6 Å². The van der Waals surface area contributed by atoms with Crippen molar-refractivity contribution in [2.75, 3.05) is 17.8 Å². The van der Waals surface area contributed by atoms with E-state index in [1.54, 1.807) is 19.1 Å². The fraction of sp³-hybridized carbons (Fsp3) is 0.273. The van der Waals surface area contributed by atoms with Gasteiger partial charge >= 0.3 is 6.18 Å². The number of sulfonamides is 1. The molecule has 0 bridgehead atoms. The molecular weight excluding hydrogens is 497 g/mol. The Balaban J connectivity index is 1.65.